The molecule has 2 atom stereocenters. The Morgan fingerprint density at radius 3 is 1.86 bits per heavy atom. The Labute approximate surface area is 169 Å². The number of hydrogen-bond donors (Lipinski definition) is 1. The van der Waals surface area contributed by atoms with Crippen LogP contribution in [0.15, 0.2) is 127 Å². The van der Waals surface area contributed by atoms with Gasteiger partial charge >= 0.3 is 0 Å². The average molecular weight is 368 g/mol. The maximum absolute atomic E-state index is 3.80. The highest BCUT2D eigenvalue weighted by Gasteiger charge is 2.28. The van der Waals surface area contributed by atoms with E-state index in [0.29, 0.717) is 12.0 Å². The van der Waals surface area contributed by atoms with Gasteiger partial charge in [0.25, 0.3) is 0 Å². The minimum atomic E-state index is 0.448. The highest BCUT2D eigenvalue weighted by Crippen LogP contribution is 2.34. The van der Waals surface area contributed by atoms with Gasteiger partial charge in [0.15, 0.2) is 0 Å². The van der Waals surface area contributed by atoms with E-state index in [2.05, 4.69) is 96.4 Å². The summed E-state index contributed by atoms with van der Waals surface area (Å²) in [5, 5.41) is 3.80. The first-order valence-electron chi connectivity index (χ1n) is 10.1. The van der Waals surface area contributed by atoms with E-state index in [4.69, 9.17) is 0 Å². The smallest absolute Gasteiger partial charge is 0.0342 e. The summed E-state index contributed by atoms with van der Waals surface area (Å²) in [4.78, 5) is 0. The Kier molecular flexibility index (Phi) is 8.17. The molecule has 1 saturated carbocycles. The predicted molar refractivity (Wildman–Crippen MR) is 121 cm³/mol. The van der Waals surface area contributed by atoms with Gasteiger partial charge in [-0.2, -0.15) is 0 Å². The molecule has 0 bridgehead atoms. The van der Waals surface area contributed by atoms with E-state index in [-0.39, 0.29) is 0 Å². The van der Waals surface area contributed by atoms with Crippen molar-refractivity contribution in [3.8, 4) is 0 Å². The van der Waals surface area contributed by atoms with Crippen molar-refractivity contribution in [1.29, 1.82) is 0 Å². The van der Waals surface area contributed by atoms with Crippen LogP contribution in [0.4, 0.5) is 0 Å². The van der Waals surface area contributed by atoms with E-state index in [1.54, 1.807) is 0 Å². The number of rotatable bonds is 3. The lowest BCUT2D eigenvalue weighted by molar-refractivity contribution is 0.531. The second-order valence-electron chi connectivity index (χ2n) is 6.99. The van der Waals surface area contributed by atoms with Crippen LogP contribution in [0.5, 0.6) is 0 Å². The summed E-state index contributed by atoms with van der Waals surface area (Å²) in [6, 6.07) is 19.6. The lowest BCUT2D eigenvalue weighted by Crippen LogP contribution is -2.30. The number of allylic oxidation sites excluding steroid dienone is 11. The maximum atomic E-state index is 3.80. The van der Waals surface area contributed by atoms with Crippen LogP contribution in [-0.2, 0) is 0 Å². The zero-order valence-corrected chi connectivity index (χ0v) is 16.3. The molecule has 3 rings (SSSR count). The molecule has 2 aliphatic carbocycles. The largest absolute Gasteiger partial charge is 0.382 e. The molecule has 0 heterocycles. The molecule has 2 aliphatic rings. The van der Waals surface area contributed by atoms with Gasteiger partial charge in [-0.25, -0.2) is 0 Å². The van der Waals surface area contributed by atoms with Gasteiger partial charge in [-0.1, -0.05) is 116 Å². The van der Waals surface area contributed by atoms with Gasteiger partial charge in [0, 0.05) is 17.7 Å². The fraction of sp³-hybridized carbons (Fsp3) is 0.185. The monoisotopic (exact) mass is 367 g/mol. The predicted octanol–water partition coefficient (Wildman–Crippen LogP) is 6.72. The summed E-state index contributed by atoms with van der Waals surface area (Å²) in [5.41, 5.74) is 2.55. The van der Waals surface area contributed by atoms with Crippen molar-refractivity contribution >= 4 is 0 Å². The van der Waals surface area contributed by atoms with E-state index < -0.39 is 0 Å². The van der Waals surface area contributed by atoms with Crippen molar-refractivity contribution in [2.45, 2.75) is 31.2 Å². The molecule has 0 aliphatic heterocycles. The van der Waals surface area contributed by atoms with E-state index in [1.165, 1.54) is 24.8 Å². The molecular weight excluding hydrogens is 338 g/mol. The zero-order chi connectivity index (χ0) is 19.3. The van der Waals surface area contributed by atoms with Gasteiger partial charge in [0.05, 0.1) is 0 Å². The molecule has 0 radical (unpaired) electrons. The molecule has 0 saturated heterocycles. The van der Waals surface area contributed by atoms with Gasteiger partial charge in [-0.15, -0.1) is 0 Å². The first-order valence-corrected chi connectivity index (χ1v) is 10.1. The van der Waals surface area contributed by atoms with Crippen LogP contribution < -0.4 is 5.32 Å². The molecule has 1 aromatic carbocycles. The van der Waals surface area contributed by atoms with E-state index in [0.717, 1.165) is 5.70 Å². The second-order valence-corrected chi connectivity index (χ2v) is 6.99. The minimum Gasteiger partial charge on any atom is -0.382 e. The first-order chi connectivity index (χ1) is 13.9. The summed E-state index contributed by atoms with van der Waals surface area (Å²) in [6.45, 7) is 0. The van der Waals surface area contributed by atoms with Crippen LogP contribution in [0.25, 0.3) is 0 Å². The van der Waals surface area contributed by atoms with Gasteiger partial charge in [0.2, 0.25) is 0 Å². The SMILES string of the molecule is C1=C\C=C/C=C\C(NC2CCCC2c2ccccccccc2)=C/C=C\C=C/1. The fourth-order valence-electron chi connectivity index (χ4n) is 3.62. The third-order valence-corrected chi connectivity index (χ3v) is 4.98. The molecule has 1 N–H and O–H groups in total. The molecule has 0 amide bonds. The third kappa shape index (κ3) is 6.59. The Morgan fingerprint density at radius 2 is 1.18 bits per heavy atom. The van der Waals surface area contributed by atoms with Gasteiger partial charge in [-0.3, -0.25) is 0 Å². The van der Waals surface area contributed by atoms with Crippen LogP contribution in [0.3, 0.4) is 0 Å². The van der Waals surface area contributed by atoms with Crippen molar-refractivity contribution in [1.82, 2.24) is 5.32 Å². The lowest BCUT2D eigenvalue weighted by Gasteiger charge is -2.23. The molecule has 142 valence electrons. The Morgan fingerprint density at radius 1 is 0.607 bits per heavy atom. The average Bonchev–Trinajstić information content (AvgIpc) is 3.16. The van der Waals surface area contributed by atoms with Crippen molar-refractivity contribution in [2.24, 2.45) is 0 Å². The van der Waals surface area contributed by atoms with Crippen LogP contribution in [-0.4, -0.2) is 6.04 Å². The molecule has 0 aromatic heterocycles. The normalized spacial score (nSPS) is 28.9. The summed E-state index contributed by atoms with van der Waals surface area (Å²) in [7, 11) is 0. The van der Waals surface area contributed by atoms with Crippen molar-refractivity contribution in [3.63, 3.8) is 0 Å². The summed E-state index contributed by atoms with van der Waals surface area (Å²) in [6.07, 6.45) is 26.5. The summed E-state index contributed by atoms with van der Waals surface area (Å²) >= 11 is 0. The second kappa shape index (κ2) is 11.6. The third-order valence-electron chi connectivity index (χ3n) is 4.98. The molecule has 1 fully saturated rings. The van der Waals surface area contributed by atoms with Gasteiger partial charge in [-0.05, 0) is 30.6 Å². The highest BCUT2D eigenvalue weighted by atomic mass is 14.9. The van der Waals surface area contributed by atoms with Crippen LogP contribution >= 0.6 is 0 Å². The molecule has 1 heteroatoms. The lowest BCUT2D eigenvalue weighted by atomic mass is 9.94. The zero-order valence-electron chi connectivity index (χ0n) is 16.3. The highest BCUT2D eigenvalue weighted by molar-refractivity contribution is 5.30. The maximum Gasteiger partial charge on any atom is 0.0342 e. The Balaban J connectivity index is 1.80. The van der Waals surface area contributed by atoms with Crippen molar-refractivity contribution < 1.29 is 0 Å². The molecule has 2 unspecified atom stereocenters. The summed E-state index contributed by atoms with van der Waals surface area (Å²) in [5.74, 6) is 0.524. The summed E-state index contributed by atoms with van der Waals surface area (Å²) < 4.78 is 0. The quantitative estimate of drug-likeness (QED) is 0.625. The first kappa shape index (κ1) is 19.7. The van der Waals surface area contributed by atoms with E-state index >= 15 is 0 Å². The van der Waals surface area contributed by atoms with Crippen LogP contribution in [0.2, 0.25) is 0 Å². The number of nitrogens with one attached hydrogen (secondary N) is 1. The minimum absolute atomic E-state index is 0.448. The van der Waals surface area contributed by atoms with Crippen molar-refractivity contribution in [2.75, 3.05) is 0 Å². The molecular formula is C27H29N. The van der Waals surface area contributed by atoms with E-state index in [9.17, 15) is 0 Å². The fourth-order valence-corrected chi connectivity index (χ4v) is 3.62. The van der Waals surface area contributed by atoms with E-state index in [1.807, 2.05) is 30.4 Å². The van der Waals surface area contributed by atoms with Crippen LogP contribution in [0.1, 0.15) is 30.7 Å². The van der Waals surface area contributed by atoms with Crippen molar-refractivity contribution in [3.05, 3.63) is 133 Å². The molecule has 28 heavy (non-hydrogen) atoms. The standard InChI is InChI=1S/C27H29N/c1-2-7-11-15-20-25(21-16-12-8-3-1)28-27-23-17-22-26(27)24-18-13-9-5-4-6-10-14-19-24/h1-16,18-21,26-28H,17,22-23H2/b2-1-,3-1?,5-4?,6-4?,7-2?,8-3-,9-5?,10-6?,11-7-,12-8?,13-9?,14-10?,15-11?,16-12-,18-13?,19-14?,20-15-,21-16?,24-18?,24-19?,25-20?,25-21+. The van der Waals surface area contributed by atoms with Crippen LogP contribution in [0, 0.1) is 0 Å². The van der Waals surface area contributed by atoms with Gasteiger partial charge < -0.3 is 5.32 Å². The topological polar surface area (TPSA) is 12.0 Å². The van der Waals surface area contributed by atoms with Gasteiger partial charge in [0.1, 0.15) is 0 Å². The molecule has 0 spiro atoms. The number of hydrogen-bond acceptors (Lipinski definition) is 1. The molecule has 1 nitrogen and oxygen atoms in total. The molecule has 1 aromatic rings. The Bertz CT molecular complexity index is 825. The Hall–Kier alpha value is -3.06.